The fraction of sp³-hybridized carbons (Fsp3) is 0.500. The highest BCUT2D eigenvalue weighted by atomic mass is 79.9. The third kappa shape index (κ3) is 5.02. The van der Waals surface area contributed by atoms with E-state index in [9.17, 15) is 9.59 Å². The van der Waals surface area contributed by atoms with Crippen molar-refractivity contribution in [3.05, 3.63) is 34.3 Å². The highest BCUT2D eigenvalue weighted by Gasteiger charge is 2.24. The molecule has 1 heterocycles. The van der Waals surface area contributed by atoms with Crippen molar-refractivity contribution < 1.29 is 14.3 Å². The average molecular weight is 369 g/mol. The molecule has 0 saturated carbocycles. The Bertz CT molecular complexity index is 528. The fourth-order valence-corrected chi connectivity index (χ4v) is 2.98. The molecule has 0 bridgehead atoms. The van der Waals surface area contributed by atoms with Crippen LogP contribution in [-0.2, 0) is 16.0 Å². The van der Waals surface area contributed by atoms with Crippen molar-refractivity contribution in [2.75, 3.05) is 19.7 Å². The van der Waals surface area contributed by atoms with Crippen LogP contribution < -0.4 is 5.32 Å². The Labute approximate surface area is 139 Å². The summed E-state index contributed by atoms with van der Waals surface area (Å²) in [5.41, 5.74) is 0.982. The minimum Gasteiger partial charge on any atom is -0.450 e. The predicted octanol–water partition coefficient (Wildman–Crippen LogP) is 2.73. The van der Waals surface area contributed by atoms with Gasteiger partial charge in [-0.15, -0.1) is 0 Å². The summed E-state index contributed by atoms with van der Waals surface area (Å²) in [7, 11) is 0. The lowest BCUT2D eigenvalue weighted by molar-refractivity contribution is -0.121. The van der Waals surface area contributed by atoms with E-state index < -0.39 is 0 Å². The highest BCUT2D eigenvalue weighted by molar-refractivity contribution is 9.10. The predicted molar refractivity (Wildman–Crippen MR) is 87.6 cm³/mol. The summed E-state index contributed by atoms with van der Waals surface area (Å²) in [4.78, 5) is 25.4. The maximum atomic E-state index is 12.1. The molecule has 1 N–H and O–H groups in total. The summed E-state index contributed by atoms with van der Waals surface area (Å²) in [5, 5.41) is 3.05. The third-order valence-electron chi connectivity index (χ3n) is 3.64. The van der Waals surface area contributed by atoms with E-state index in [1.807, 2.05) is 24.3 Å². The molecule has 0 aliphatic carbocycles. The molecule has 0 radical (unpaired) electrons. The van der Waals surface area contributed by atoms with Crippen LogP contribution in [0.4, 0.5) is 4.79 Å². The monoisotopic (exact) mass is 368 g/mol. The van der Waals surface area contributed by atoms with E-state index in [1.165, 1.54) is 0 Å². The molecular weight excluding hydrogens is 348 g/mol. The van der Waals surface area contributed by atoms with Gasteiger partial charge in [0.25, 0.3) is 0 Å². The summed E-state index contributed by atoms with van der Waals surface area (Å²) in [6.07, 6.45) is 1.64. The number of amides is 2. The summed E-state index contributed by atoms with van der Waals surface area (Å²) >= 11 is 3.40. The van der Waals surface area contributed by atoms with Gasteiger partial charge in [-0.05, 0) is 37.5 Å². The highest BCUT2D eigenvalue weighted by Crippen LogP contribution is 2.14. The maximum absolute atomic E-state index is 12.1. The van der Waals surface area contributed by atoms with Crippen molar-refractivity contribution in [1.29, 1.82) is 0 Å². The number of hydrogen-bond donors (Lipinski definition) is 1. The van der Waals surface area contributed by atoms with E-state index in [2.05, 4.69) is 21.2 Å². The normalized spacial score (nSPS) is 15.5. The number of nitrogens with zero attached hydrogens (tertiary/aromatic N) is 1. The first kappa shape index (κ1) is 16.8. The van der Waals surface area contributed by atoms with Gasteiger partial charge in [0.1, 0.15) is 0 Å². The van der Waals surface area contributed by atoms with Crippen LogP contribution in [0.5, 0.6) is 0 Å². The van der Waals surface area contributed by atoms with Gasteiger partial charge in [0.05, 0.1) is 13.0 Å². The molecule has 1 aromatic carbocycles. The number of carbonyl (C=O) groups is 2. The van der Waals surface area contributed by atoms with Crippen LogP contribution in [-0.4, -0.2) is 42.6 Å². The van der Waals surface area contributed by atoms with Crippen molar-refractivity contribution in [3.8, 4) is 0 Å². The Morgan fingerprint density at radius 1 is 1.36 bits per heavy atom. The average Bonchev–Trinajstić information content (AvgIpc) is 2.48. The largest absolute Gasteiger partial charge is 0.450 e. The van der Waals surface area contributed by atoms with E-state index in [-0.39, 0.29) is 18.0 Å². The number of piperidine rings is 1. The Hall–Kier alpha value is -1.56. The summed E-state index contributed by atoms with van der Waals surface area (Å²) in [5.74, 6) is 0.0210. The molecule has 6 heteroatoms. The molecule has 0 unspecified atom stereocenters. The van der Waals surface area contributed by atoms with E-state index in [1.54, 1.807) is 11.8 Å². The molecule has 0 aromatic heterocycles. The number of hydrogen-bond acceptors (Lipinski definition) is 3. The first-order valence-electron chi connectivity index (χ1n) is 7.54. The van der Waals surface area contributed by atoms with Crippen LogP contribution >= 0.6 is 15.9 Å². The van der Waals surface area contributed by atoms with Crippen LogP contribution in [0, 0.1) is 0 Å². The summed E-state index contributed by atoms with van der Waals surface area (Å²) in [6.45, 7) is 3.44. The number of nitrogens with one attached hydrogen (secondary N) is 1. The van der Waals surface area contributed by atoms with E-state index in [0.717, 1.165) is 22.9 Å². The lowest BCUT2D eigenvalue weighted by Gasteiger charge is -2.31. The zero-order chi connectivity index (χ0) is 15.9. The van der Waals surface area contributed by atoms with E-state index in [0.29, 0.717) is 26.1 Å². The molecule has 22 heavy (non-hydrogen) atoms. The van der Waals surface area contributed by atoms with Crippen molar-refractivity contribution in [1.82, 2.24) is 10.2 Å². The molecule has 5 nitrogen and oxygen atoms in total. The SMILES string of the molecule is CCOC(=O)N1CCC(NC(=O)Cc2cccc(Br)c2)CC1. The maximum Gasteiger partial charge on any atom is 0.409 e. The molecule has 2 rings (SSSR count). The topological polar surface area (TPSA) is 58.6 Å². The Balaban J connectivity index is 1.76. The minimum absolute atomic E-state index is 0.0210. The summed E-state index contributed by atoms with van der Waals surface area (Å²) in [6, 6.07) is 7.87. The van der Waals surface area contributed by atoms with Gasteiger partial charge in [0, 0.05) is 23.6 Å². The number of carbonyl (C=O) groups excluding carboxylic acids is 2. The van der Waals surface area contributed by atoms with Crippen LogP contribution in [0.2, 0.25) is 0 Å². The van der Waals surface area contributed by atoms with Gasteiger partial charge in [-0.3, -0.25) is 4.79 Å². The van der Waals surface area contributed by atoms with Gasteiger partial charge in [0.2, 0.25) is 5.91 Å². The lowest BCUT2D eigenvalue weighted by Crippen LogP contribution is -2.47. The number of likely N-dealkylation sites (tertiary alicyclic amines) is 1. The van der Waals surface area contributed by atoms with E-state index >= 15 is 0 Å². The third-order valence-corrected chi connectivity index (χ3v) is 4.13. The van der Waals surface area contributed by atoms with Crippen molar-refractivity contribution >= 4 is 27.9 Å². The summed E-state index contributed by atoms with van der Waals surface area (Å²) < 4.78 is 5.96. The molecule has 1 aliphatic rings. The molecule has 2 amide bonds. The number of benzene rings is 1. The molecule has 1 aliphatic heterocycles. The quantitative estimate of drug-likeness (QED) is 0.888. The molecule has 0 spiro atoms. The smallest absolute Gasteiger partial charge is 0.409 e. The molecule has 1 fully saturated rings. The first-order chi connectivity index (χ1) is 10.6. The number of ether oxygens (including phenoxy) is 1. The lowest BCUT2D eigenvalue weighted by atomic mass is 10.0. The standard InChI is InChI=1S/C16H21BrN2O3/c1-2-22-16(21)19-8-6-14(7-9-19)18-15(20)11-12-4-3-5-13(17)10-12/h3-5,10,14H,2,6-9,11H2,1H3,(H,18,20). The van der Waals surface area contributed by atoms with Crippen molar-refractivity contribution in [2.45, 2.75) is 32.2 Å². The second kappa shape index (κ2) is 8.17. The molecule has 1 saturated heterocycles. The van der Waals surface area contributed by atoms with Gasteiger partial charge < -0.3 is 15.0 Å². The van der Waals surface area contributed by atoms with Crippen molar-refractivity contribution in [2.24, 2.45) is 0 Å². The van der Waals surface area contributed by atoms with Gasteiger partial charge in [-0.1, -0.05) is 28.1 Å². The second-order valence-corrected chi connectivity index (χ2v) is 6.25. The zero-order valence-electron chi connectivity index (χ0n) is 12.7. The van der Waals surface area contributed by atoms with Gasteiger partial charge in [-0.25, -0.2) is 4.79 Å². The molecular formula is C16H21BrN2O3. The second-order valence-electron chi connectivity index (χ2n) is 5.33. The van der Waals surface area contributed by atoms with Crippen LogP contribution in [0.1, 0.15) is 25.3 Å². The molecule has 1 aromatic rings. The Morgan fingerprint density at radius 3 is 2.73 bits per heavy atom. The van der Waals surface area contributed by atoms with Gasteiger partial charge >= 0.3 is 6.09 Å². The number of rotatable bonds is 4. The Kier molecular flexibility index (Phi) is 6.24. The molecule has 0 atom stereocenters. The van der Waals surface area contributed by atoms with E-state index in [4.69, 9.17) is 4.74 Å². The Morgan fingerprint density at radius 2 is 2.09 bits per heavy atom. The zero-order valence-corrected chi connectivity index (χ0v) is 14.3. The number of halogens is 1. The van der Waals surface area contributed by atoms with Crippen molar-refractivity contribution in [3.63, 3.8) is 0 Å². The van der Waals surface area contributed by atoms with Crippen LogP contribution in [0.3, 0.4) is 0 Å². The van der Waals surface area contributed by atoms with Crippen LogP contribution in [0.25, 0.3) is 0 Å². The molecule has 120 valence electrons. The first-order valence-corrected chi connectivity index (χ1v) is 8.33. The van der Waals surface area contributed by atoms with Gasteiger partial charge in [-0.2, -0.15) is 0 Å². The van der Waals surface area contributed by atoms with Gasteiger partial charge in [0.15, 0.2) is 0 Å². The minimum atomic E-state index is -0.263. The fourth-order valence-electron chi connectivity index (χ4n) is 2.53. The van der Waals surface area contributed by atoms with Crippen LogP contribution in [0.15, 0.2) is 28.7 Å².